The standard InChI is InChI=1S/C9H15O6P/c1-5(8(10)11)3-7(4-16(12)13)9-14-6(2)15-9/h6-7,9,16H,1,3-4H2,2H3,(H,10,11)(H,12,13). The zero-order valence-corrected chi connectivity index (χ0v) is 9.88. The van der Waals surface area contributed by atoms with Gasteiger partial charge in [-0.15, -0.1) is 0 Å². The molecule has 6 nitrogen and oxygen atoms in total. The van der Waals surface area contributed by atoms with Crippen molar-refractivity contribution in [2.24, 2.45) is 5.92 Å². The maximum absolute atomic E-state index is 10.8. The first-order valence-electron chi connectivity index (χ1n) is 4.84. The third-order valence-electron chi connectivity index (χ3n) is 2.28. The molecule has 0 amide bonds. The Hall–Kier alpha value is -0.680. The largest absolute Gasteiger partial charge is 0.478 e. The first kappa shape index (κ1) is 13.4. The lowest BCUT2D eigenvalue weighted by Crippen LogP contribution is -2.45. The molecule has 1 heterocycles. The van der Waals surface area contributed by atoms with Crippen LogP contribution in [0.1, 0.15) is 13.3 Å². The van der Waals surface area contributed by atoms with Crippen molar-refractivity contribution in [3.05, 3.63) is 12.2 Å². The minimum absolute atomic E-state index is 0.0139. The van der Waals surface area contributed by atoms with Crippen molar-refractivity contribution in [1.82, 2.24) is 0 Å². The zero-order chi connectivity index (χ0) is 12.3. The fourth-order valence-electron chi connectivity index (χ4n) is 1.50. The van der Waals surface area contributed by atoms with Crippen molar-refractivity contribution in [1.29, 1.82) is 0 Å². The molecule has 2 N–H and O–H groups in total. The molecule has 0 aliphatic carbocycles. The normalized spacial score (nSPS) is 27.9. The number of carboxylic acids is 1. The SMILES string of the molecule is C=C(CC(C[PH](=O)O)C1OC(C)O1)C(=O)O. The number of hydrogen-bond acceptors (Lipinski definition) is 4. The van der Waals surface area contributed by atoms with E-state index >= 15 is 0 Å². The first-order chi connectivity index (χ1) is 7.40. The molecule has 92 valence electrons. The highest BCUT2D eigenvalue weighted by atomic mass is 31.1. The Morgan fingerprint density at radius 3 is 2.50 bits per heavy atom. The van der Waals surface area contributed by atoms with Gasteiger partial charge in [-0.25, -0.2) is 4.79 Å². The topological polar surface area (TPSA) is 93.1 Å². The van der Waals surface area contributed by atoms with Crippen molar-refractivity contribution in [2.45, 2.75) is 25.9 Å². The summed E-state index contributed by atoms with van der Waals surface area (Å²) in [5, 5.41) is 8.68. The lowest BCUT2D eigenvalue weighted by atomic mass is 10.0. The second kappa shape index (κ2) is 5.59. The fourth-order valence-corrected chi connectivity index (χ4v) is 2.29. The Bertz CT molecular complexity index is 309. The minimum Gasteiger partial charge on any atom is -0.478 e. The number of ether oxygens (including phenoxy) is 2. The monoisotopic (exact) mass is 250 g/mol. The van der Waals surface area contributed by atoms with E-state index in [1.54, 1.807) is 6.92 Å². The number of hydrogen-bond donors (Lipinski definition) is 2. The molecule has 0 aromatic carbocycles. The van der Waals surface area contributed by atoms with Crippen molar-refractivity contribution < 1.29 is 28.8 Å². The summed E-state index contributed by atoms with van der Waals surface area (Å²) in [6.07, 6.45) is -0.878. The molecule has 1 aliphatic rings. The molecule has 7 heteroatoms. The Morgan fingerprint density at radius 1 is 1.56 bits per heavy atom. The van der Waals surface area contributed by atoms with Crippen LogP contribution in [0, 0.1) is 5.92 Å². The van der Waals surface area contributed by atoms with E-state index in [0.29, 0.717) is 0 Å². The molecule has 0 aromatic rings. The molecule has 0 bridgehead atoms. The van der Waals surface area contributed by atoms with Gasteiger partial charge in [0.15, 0.2) is 20.6 Å². The minimum atomic E-state index is -2.69. The van der Waals surface area contributed by atoms with Crippen molar-refractivity contribution in [3.8, 4) is 0 Å². The number of carbonyl (C=O) groups is 1. The highest BCUT2D eigenvalue weighted by Crippen LogP contribution is 2.32. The van der Waals surface area contributed by atoms with E-state index in [-0.39, 0.29) is 24.4 Å². The van der Waals surface area contributed by atoms with Crippen LogP contribution in [0.3, 0.4) is 0 Å². The number of aliphatic carboxylic acids is 1. The molecule has 1 saturated heterocycles. The van der Waals surface area contributed by atoms with Crippen LogP contribution < -0.4 is 0 Å². The molecule has 2 unspecified atom stereocenters. The maximum Gasteiger partial charge on any atom is 0.330 e. The molecule has 0 saturated carbocycles. The van der Waals surface area contributed by atoms with Gasteiger partial charge < -0.3 is 19.5 Å². The van der Waals surface area contributed by atoms with Crippen LogP contribution in [0.15, 0.2) is 12.2 Å². The molecule has 1 rings (SSSR count). The summed E-state index contributed by atoms with van der Waals surface area (Å²) in [4.78, 5) is 19.5. The van der Waals surface area contributed by atoms with Gasteiger partial charge >= 0.3 is 5.97 Å². The van der Waals surface area contributed by atoms with Crippen molar-refractivity contribution in [3.63, 3.8) is 0 Å². The van der Waals surface area contributed by atoms with Crippen LogP contribution in [-0.4, -0.2) is 34.7 Å². The summed E-state index contributed by atoms with van der Waals surface area (Å²) >= 11 is 0. The van der Waals surface area contributed by atoms with Gasteiger partial charge in [-0.2, -0.15) is 0 Å². The van der Waals surface area contributed by atoms with E-state index in [9.17, 15) is 9.36 Å². The smallest absolute Gasteiger partial charge is 0.330 e. The van der Waals surface area contributed by atoms with Gasteiger partial charge in [-0.1, -0.05) is 6.58 Å². The lowest BCUT2D eigenvalue weighted by Gasteiger charge is -2.38. The third kappa shape index (κ3) is 3.72. The van der Waals surface area contributed by atoms with Gasteiger partial charge in [0.25, 0.3) is 0 Å². The molecule has 0 aromatic heterocycles. The summed E-state index contributed by atoms with van der Waals surface area (Å²) in [6, 6.07) is 0. The number of rotatable bonds is 6. The second-order valence-electron chi connectivity index (χ2n) is 3.68. The Balaban J connectivity index is 2.54. The average Bonchev–Trinajstić information content (AvgIpc) is 2.10. The van der Waals surface area contributed by atoms with E-state index in [1.165, 1.54) is 0 Å². The van der Waals surface area contributed by atoms with Crippen LogP contribution in [0.25, 0.3) is 0 Å². The maximum atomic E-state index is 10.8. The molecular formula is C9H15O6P. The summed E-state index contributed by atoms with van der Waals surface area (Å²) < 4.78 is 21.2. The van der Waals surface area contributed by atoms with Crippen LogP contribution in [0.4, 0.5) is 0 Å². The Labute approximate surface area is 93.7 Å². The molecule has 1 fully saturated rings. The van der Waals surface area contributed by atoms with Crippen molar-refractivity contribution >= 4 is 14.0 Å². The van der Waals surface area contributed by atoms with E-state index in [1.807, 2.05) is 0 Å². The quantitative estimate of drug-likeness (QED) is 0.535. The van der Waals surface area contributed by atoms with Crippen LogP contribution in [0.5, 0.6) is 0 Å². The summed E-state index contributed by atoms with van der Waals surface area (Å²) in [5.41, 5.74) is -0.0139. The molecule has 0 radical (unpaired) electrons. The molecule has 1 aliphatic heterocycles. The van der Waals surface area contributed by atoms with E-state index < -0.39 is 26.2 Å². The molecule has 16 heavy (non-hydrogen) atoms. The Kier molecular flexibility index (Phi) is 4.68. The predicted molar refractivity (Wildman–Crippen MR) is 56.4 cm³/mol. The zero-order valence-electron chi connectivity index (χ0n) is 8.88. The second-order valence-corrected chi connectivity index (χ2v) is 4.87. The van der Waals surface area contributed by atoms with Crippen LogP contribution in [0.2, 0.25) is 0 Å². The van der Waals surface area contributed by atoms with Gasteiger partial charge in [0, 0.05) is 17.7 Å². The molecule has 0 spiro atoms. The highest BCUT2D eigenvalue weighted by molar-refractivity contribution is 7.38. The summed E-state index contributed by atoms with van der Waals surface area (Å²) in [5.74, 6) is -1.55. The first-order valence-corrected chi connectivity index (χ1v) is 6.40. The van der Waals surface area contributed by atoms with Gasteiger partial charge in [0.1, 0.15) is 0 Å². The van der Waals surface area contributed by atoms with E-state index in [2.05, 4.69) is 6.58 Å². The van der Waals surface area contributed by atoms with Crippen LogP contribution >= 0.6 is 8.03 Å². The van der Waals surface area contributed by atoms with Crippen molar-refractivity contribution in [2.75, 3.05) is 6.16 Å². The lowest BCUT2D eigenvalue weighted by molar-refractivity contribution is -0.390. The Morgan fingerprint density at radius 2 is 2.12 bits per heavy atom. The summed E-state index contributed by atoms with van der Waals surface area (Å²) in [7, 11) is -2.69. The van der Waals surface area contributed by atoms with E-state index in [4.69, 9.17) is 19.5 Å². The third-order valence-corrected chi connectivity index (χ3v) is 3.16. The van der Waals surface area contributed by atoms with Gasteiger partial charge in [-0.3, -0.25) is 4.57 Å². The summed E-state index contributed by atoms with van der Waals surface area (Å²) in [6.45, 7) is 5.07. The van der Waals surface area contributed by atoms with Gasteiger partial charge in [0.05, 0.1) is 0 Å². The fraction of sp³-hybridized carbons (Fsp3) is 0.667. The van der Waals surface area contributed by atoms with Gasteiger partial charge in [-0.05, 0) is 13.3 Å². The van der Waals surface area contributed by atoms with Crippen LogP contribution in [-0.2, 0) is 18.8 Å². The highest BCUT2D eigenvalue weighted by Gasteiger charge is 2.36. The van der Waals surface area contributed by atoms with Gasteiger partial charge in [0.2, 0.25) is 0 Å². The number of carboxylic acid groups (broad SMARTS) is 1. The predicted octanol–water partition coefficient (Wildman–Crippen LogP) is 0.819. The molecular weight excluding hydrogens is 235 g/mol. The molecule has 2 atom stereocenters. The van der Waals surface area contributed by atoms with E-state index in [0.717, 1.165) is 0 Å². The average molecular weight is 250 g/mol.